The van der Waals surface area contributed by atoms with Gasteiger partial charge in [0.25, 0.3) is 0 Å². The van der Waals surface area contributed by atoms with Crippen molar-refractivity contribution in [3.05, 3.63) is 40.7 Å². The van der Waals surface area contributed by atoms with Crippen molar-refractivity contribution < 1.29 is 0 Å². The van der Waals surface area contributed by atoms with Gasteiger partial charge in [0, 0.05) is 11.1 Å². The van der Waals surface area contributed by atoms with Crippen molar-refractivity contribution in [2.45, 2.75) is 27.7 Å². The van der Waals surface area contributed by atoms with Crippen LogP contribution in [0.5, 0.6) is 0 Å². The zero-order valence-corrected chi connectivity index (χ0v) is 10.7. The van der Waals surface area contributed by atoms with Crippen molar-refractivity contribution in [3.63, 3.8) is 0 Å². The molecule has 0 spiro atoms. The van der Waals surface area contributed by atoms with Gasteiger partial charge >= 0.3 is 0 Å². The molecule has 88 valence electrons. The summed E-state index contributed by atoms with van der Waals surface area (Å²) in [6, 6.07) is 4.35. The molecule has 0 saturated carbocycles. The highest BCUT2D eigenvalue weighted by molar-refractivity contribution is 5.71. The Morgan fingerprint density at radius 3 is 2.24 bits per heavy atom. The lowest BCUT2D eigenvalue weighted by Gasteiger charge is -2.12. The van der Waals surface area contributed by atoms with E-state index in [0.29, 0.717) is 5.82 Å². The fourth-order valence-electron chi connectivity index (χ4n) is 1.95. The van der Waals surface area contributed by atoms with E-state index in [1.807, 2.05) is 6.92 Å². The van der Waals surface area contributed by atoms with E-state index in [2.05, 4.69) is 42.9 Å². The summed E-state index contributed by atoms with van der Waals surface area (Å²) in [6.45, 7) is 8.28. The van der Waals surface area contributed by atoms with Crippen molar-refractivity contribution in [2.75, 3.05) is 5.73 Å². The normalized spacial score (nSPS) is 10.6. The molecule has 1 aromatic carbocycles. The first kappa shape index (κ1) is 11.6. The van der Waals surface area contributed by atoms with Gasteiger partial charge in [-0.15, -0.1) is 0 Å². The van der Waals surface area contributed by atoms with Gasteiger partial charge in [-0.3, -0.25) is 0 Å². The molecule has 0 radical (unpaired) electrons. The lowest BCUT2D eigenvalue weighted by molar-refractivity contribution is 1.14. The van der Waals surface area contributed by atoms with E-state index < -0.39 is 0 Å². The molecule has 0 amide bonds. The second-order valence-electron chi connectivity index (χ2n) is 4.48. The second-order valence-corrected chi connectivity index (χ2v) is 4.48. The maximum atomic E-state index is 5.82. The summed E-state index contributed by atoms with van der Waals surface area (Å²) in [5.74, 6) is 0.549. The van der Waals surface area contributed by atoms with Gasteiger partial charge in [-0.05, 0) is 50.5 Å². The monoisotopic (exact) mass is 227 g/mol. The molecule has 2 N–H and O–H groups in total. The van der Waals surface area contributed by atoms with E-state index >= 15 is 0 Å². The maximum absolute atomic E-state index is 5.82. The summed E-state index contributed by atoms with van der Waals surface area (Å²) in [4.78, 5) is 8.35. The Kier molecular flexibility index (Phi) is 2.84. The Morgan fingerprint density at radius 1 is 0.882 bits per heavy atom. The zero-order valence-electron chi connectivity index (χ0n) is 10.7. The van der Waals surface area contributed by atoms with E-state index in [0.717, 1.165) is 16.8 Å². The topological polar surface area (TPSA) is 51.8 Å². The largest absolute Gasteiger partial charge is 0.383 e. The molecule has 0 bridgehead atoms. The lowest BCUT2D eigenvalue weighted by Crippen LogP contribution is -2.00. The van der Waals surface area contributed by atoms with Gasteiger partial charge in [-0.2, -0.15) is 0 Å². The summed E-state index contributed by atoms with van der Waals surface area (Å²) in [6.07, 6.45) is 1.52. The molecule has 0 aliphatic carbocycles. The number of aryl methyl sites for hydroxylation is 3. The van der Waals surface area contributed by atoms with Crippen molar-refractivity contribution in [1.82, 2.24) is 9.97 Å². The molecule has 0 aliphatic rings. The summed E-state index contributed by atoms with van der Waals surface area (Å²) in [7, 11) is 0. The van der Waals surface area contributed by atoms with E-state index in [4.69, 9.17) is 5.73 Å². The smallest absolute Gasteiger partial charge is 0.130 e. The average molecular weight is 227 g/mol. The van der Waals surface area contributed by atoms with Gasteiger partial charge in [0.2, 0.25) is 0 Å². The Bertz CT molecular complexity index is 574. The second kappa shape index (κ2) is 4.17. The van der Waals surface area contributed by atoms with Crippen LogP contribution in [0.3, 0.4) is 0 Å². The highest BCUT2D eigenvalue weighted by Gasteiger charge is 2.10. The van der Waals surface area contributed by atoms with E-state index in [-0.39, 0.29) is 0 Å². The van der Waals surface area contributed by atoms with Crippen LogP contribution >= 0.6 is 0 Å². The minimum Gasteiger partial charge on any atom is -0.383 e. The molecule has 3 heteroatoms. The van der Waals surface area contributed by atoms with Gasteiger partial charge in [0.05, 0.1) is 5.69 Å². The van der Waals surface area contributed by atoms with Crippen LogP contribution in [0.2, 0.25) is 0 Å². The molecular weight excluding hydrogens is 210 g/mol. The fraction of sp³-hybridized carbons (Fsp3) is 0.286. The highest BCUT2D eigenvalue weighted by Crippen LogP contribution is 2.28. The van der Waals surface area contributed by atoms with Gasteiger partial charge in [-0.25, -0.2) is 9.97 Å². The number of hydrogen-bond donors (Lipinski definition) is 1. The molecule has 1 heterocycles. The first-order chi connectivity index (χ1) is 8.00. The summed E-state index contributed by atoms with van der Waals surface area (Å²) in [5, 5.41) is 0. The SMILES string of the molecule is Cc1cc(C)c(-c2ncnc(N)c2C)cc1C. The van der Waals surface area contributed by atoms with Gasteiger partial charge < -0.3 is 5.73 Å². The Morgan fingerprint density at radius 2 is 1.53 bits per heavy atom. The Balaban J connectivity index is 2.69. The molecule has 2 rings (SSSR count). The molecule has 0 saturated heterocycles. The van der Waals surface area contributed by atoms with Crippen LogP contribution in [-0.4, -0.2) is 9.97 Å². The summed E-state index contributed by atoms with van der Waals surface area (Å²) in [5.41, 5.74) is 12.6. The van der Waals surface area contributed by atoms with Gasteiger partial charge in [0.15, 0.2) is 0 Å². The van der Waals surface area contributed by atoms with Crippen molar-refractivity contribution in [2.24, 2.45) is 0 Å². The molecule has 0 fully saturated rings. The van der Waals surface area contributed by atoms with Crippen LogP contribution < -0.4 is 5.73 Å². The first-order valence-electron chi connectivity index (χ1n) is 5.66. The maximum Gasteiger partial charge on any atom is 0.130 e. The zero-order chi connectivity index (χ0) is 12.6. The predicted molar refractivity (Wildman–Crippen MR) is 70.8 cm³/mol. The minimum absolute atomic E-state index is 0.549. The first-order valence-corrected chi connectivity index (χ1v) is 5.66. The number of rotatable bonds is 1. The van der Waals surface area contributed by atoms with E-state index in [1.54, 1.807) is 0 Å². The van der Waals surface area contributed by atoms with Crippen molar-refractivity contribution in [1.29, 1.82) is 0 Å². The third-order valence-electron chi connectivity index (χ3n) is 3.22. The fourth-order valence-corrected chi connectivity index (χ4v) is 1.95. The molecule has 0 aliphatic heterocycles. The van der Waals surface area contributed by atoms with Crippen LogP contribution in [0.25, 0.3) is 11.3 Å². The number of nitrogen functional groups attached to an aromatic ring is 1. The molecule has 0 atom stereocenters. The molecule has 0 unspecified atom stereocenters. The number of nitrogens with two attached hydrogens (primary N) is 1. The molecular formula is C14H17N3. The van der Waals surface area contributed by atoms with Crippen LogP contribution in [0.15, 0.2) is 18.5 Å². The molecule has 3 nitrogen and oxygen atoms in total. The van der Waals surface area contributed by atoms with Gasteiger partial charge in [0.1, 0.15) is 12.1 Å². The van der Waals surface area contributed by atoms with Crippen LogP contribution in [-0.2, 0) is 0 Å². The third-order valence-corrected chi connectivity index (χ3v) is 3.22. The minimum atomic E-state index is 0.549. The standard InChI is InChI=1S/C14H17N3/c1-8-5-10(3)12(6-9(8)2)13-11(4)14(15)17-7-16-13/h5-7H,1-4H3,(H2,15,16,17). The van der Waals surface area contributed by atoms with Crippen LogP contribution in [0.1, 0.15) is 22.3 Å². The summed E-state index contributed by atoms with van der Waals surface area (Å²) < 4.78 is 0. The van der Waals surface area contributed by atoms with E-state index in [1.165, 1.54) is 23.0 Å². The van der Waals surface area contributed by atoms with Crippen LogP contribution in [0, 0.1) is 27.7 Å². The predicted octanol–water partition coefficient (Wildman–Crippen LogP) is 2.96. The molecule has 1 aromatic heterocycles. The van der Waals surface area contributed by atoms with Gasteiger partial charge in [-0.1, -0.05) is 6.07 Å². The lowest BCUT2D eigenvalue weighted by atomic mass is 9.97. The number of hydrogen-bond acceptors (Lipinski definition) is 3. The number of anilines is 1. The third kappa shape index (κ3) is 2.00. The quantitative estimate of drug-likeness (QED) is 0.814. The van der Waals surface area contributed by atoms with Crippen molar-refractivity contribution in [3.8, 4) is 11.3 Å². The number of nitrogens with zero attached hydrogens (tertiary/aromatic N) is 2. The Hall–Kier alpha value is -1.90. The average Bonchev–Trinajstić information content (AvgIpc) is 2.28. The molecule has 17 heavy (non-hydrogen) atoms. The number of aromatic nitrogens is 2. The highest BCUT2D eigenvalue weighted by atomic mass is 14.9. The van der Waals surface area contributed by atoms with Crippen LogP contribution in [0.4, 0.5) is 5.82 Å². The Labute approximate surface area is 102 Å². The van der Waals surface area contributed by atoms with Crippen molar-refractivity contribution >= 4 is 5.82 Å². The number of benzene rings is 1. The van der Waals surface area contributed by atoms with E-state index in [9.17, 15) is 0 Å². The summed E-state index contributed by atoms with van der Waals surface area (Å²) >= 11 is 0. The molecule has 2 aromatic rings.